The summed E-state index contributed by atoms with van der Waals surface area (Å²) < 4.78 is 46.1. The number of cyclic esters (lactones) is 1. The predicted octanol–water partition coefficient (Wildman–Crippen LogP) is 2.91. The highest BCUT2D eigenvalue weighted by Gasteiger charge is 2.45. The van der Waals surface area contributed by atoms with Crippen LogP contribution in [-0.4, -0.2) is 40.8 Å². The molecule has 0 aromatic carbocycles. The fraction of sp³-hybridized carbons (Fsp3) is 0.571. The fourth-order valence-electron chi connectivity index (χ4n) is 2.48. The van der Waals surface area contributed by atoms with Gasteiger partial charge in [-0.25, -0.2) is 9.69 Å². The first-order chi connectivity index (χ1) is 10.3. The molecule has 1 saturated heterocycles. The van der Waals surface area contributed by atoms with Crippen LogP contribution in [0.5, 0.6) is 0 Å². The molecule has 122 valence electrons. The molecule has 0 bridgehead atoms. The van der Waals surface area contributed by atoms with E-state index in [1.807, 2.05) is 6.92 Å². The first-order valence-electron chi connectivity index (χ1n) is 7.03. The summed E-state index contributed by atoms with van der Waals surface area (Å²) in [5, 5.41) is 0. The van der Waals surface area contributed by atoms with Crippen LogP contribution < -0.4 is 0 Å². The van der Waals surface area contributed by atoms with Gasteiger partial charge in [0.15, 0.2) is 0 Å². The van der Waals surface area contributed by atoms with E-state index in [0.29, 0.717) is 13.0 Å². The molecule has 0 spiro atoms. The number of ether oxygens (including phenoxy) is 1. The maximum Gasteiger partial charge on any atom is 0.416 e. The average Bonchev–Trinajstić information content (AvgIpc) is 3.04. The SMILES string of the molecule is CCCn1cccc1C(CC(=O)N1CCOC1=O)C(F)(F)F. The summed E-state index contributed by atoms with van der Waals surface area (Å²) in [7, 11) is 0. The molecule has 1 unspecified atom stereocenters. The zero-order valence-electron chi connectivity index (χ0n) is 12.1. The topological polar surface area (TPSA) is 51.5 Å². The fourth-order valence-corrected chi connectivity index (χ4v) is 2.48. The number of amides is 2. The van der Waals surface area contributed by atoms with Gasteiger partial charge in [-0.05, 0) is 18.6 Å². The number of imide groups is 1. The Kier molecular flexibility index (Phi) is 4.77. The lowest BCUT2D eigenvalue weighted by Gasteiger charge is -2.23. The highest BCUT2D eigenvalue weighted by Crippen LogP contribution is 2.38. The van der Waals surface area contributed by atoms with E-state index < -0.39 is 30.5 Å². The van der Waals surface area contributed by atoms with Gasteiger partial charge in [0.25, 0.3) is 0 Å². The third-order valence-electron chi connectivity index (χ3n) is 3.52. The van der Waals surface area contributed by atoms with Crippen LogP contribution >= 0.6 is 0 Å². The molecular weight excluding hydrogens is 301 g/mol. The smallest absolute Gasteiger partial charge is 0.416 e. The van der Waals surface area contributed by atoms with Gasteiger partial charge in [0.2, 0.25) is 5.91 Å². The zero-order valence-corrected chi connectivity index (χ0v) is 12.1. The minimum atomic E-state index is -4.57. The van der Waals surface area contributed by atoms with Crippen LogP contribution in [0.3, 0.4) is 0 Å². The molecule has 0 radical (unpaired) electrons. The summed E-state index contributed by atoms with van der Waals surface area (Å²) in [6.45, 7) is 2.32. The summed E-state index contributed by atoms with van der Waals surface area (Å²) in [4.78, 5) is 24.0. The van der Waals surface area contributed by atoms with Crippen molar-refractivity contribution in [2.24, 2.45) is 0 Å². The van der Waals surface area contributed by atoms with Crippen molar-refractivity contribution < 1.29 is 27.5 Å². The predicted molar refractivity (Wildman–Crippen MR) is 71.2 cm³/mol. The summed E-state index contributed by atoms with van der Waals surface area (Å²) >= 11 is 0. The van der Waals surface area contributed by atoms with Gasteiger partial charge < -0.3 is 9.30 Å². The summed E-state index contributed by atoms with van der Waals surface area (Å²) in [5.74, 6) is -2.80. The molecule has 5 nitrogen and oxygen atoms in total. The van der Waals surface area contributed by atoms with E-state index in [0.717, 1.165) is 4.90 Å². The van der Waals surface area contributed by atoms with E-state index in [-0.39, 0.29) is 18.8 Å². The molecule has 0 saturated carbocycles. The van der Waals surface area contributed by atoms with Crippen LogP contribution in [0, 0.1) is 0 Å². The lowest BCUT2D eigenvalue weighted by atomic mass is 9.99. The number of hydrogen-bond acceptors (Lipinski definition) is 3. The van der Waals surface area contributed by atoms with Gasteiger partial charge in [0, 0.05) is 24.9 Å². The van der Waals surface area contributed by atoms with Crippen LogP contribution in [0.25, 0.3) is 0 Å². The molecule has 1 aliphatic rings. The van der Waals surface area contributed by atoms with Crippen LogP contribution in [0.15, 0.2) is 18.3 Å². The summed E-state index contributed by atoms with van der Waals surface area (Å²) in [6.07, 6.45) is -4.00. The number of carbonyl (C=O) groups excluding carboxylic acids is 2. The van der Waals surface area contributed by atoms with Crippen molar-refractivity contribution in [2.45, 2.75) is 38.4 Å². The number of hydrogen-bond donors (Lipinski definition) is 0. The molecule has 2 rings (SSSR count). The molecule has 2 amide bonds. The molecule has 1 atom stereocenters. The number of carbonyl (C=O) groups is 2. The minimum Gasteiger partial charge on any atom is -0.447 e. The Morgan fingerprint density at radius 3 is 2.73 bits per heavy atom. The third kappa shape index (κ3) is 3.42. The van der Waals surface area contributed by atoms with Crippen molar-refractivity contribution >= 4 is 12.0 Å². The second-order valence-corrected chi connectivity index (χ2v) is 5.08. The summed E-state index contributed by atoms with van der Waals surface area (Å²) in [5.41, 5.74) is 0.0373. The van der Waals surface area contributed by atoms with Gasteiger partial charge in [-0.3, -0.25) is 4.79 Å². The Morgan fingerprint density at radius 2 is 2.18 bits per heavy atom. The normalized spacial score (nSPS) is 16.7. The minimum absolute atomic E-state index is 0.00177. The van der Waals surface area contributed by atoms with E-state index in [4.69, 9.17) is 0 Å². The lowest BCUT2D eigenvalue weighted by molar-refractivity contribution is -0.160. The second kappa shape index (κ2) is 6.41. The highest BCUT2D eigenvalue weighted by atomic mass is 19.4. The van der Waals surface area contributed by atoms with Gasteiger partial charge in [0.05, 0.1) is 6.54 Å². The molecule has 0 N–H and O–H groups in total. The Morgan fingerprint density at radius 1 is 1.45 bits per heavy atom. The molecule has 1 aromatic heterocycles. The van der Waals surface area contributed by atoms with Crippen molar-refractivity contribution in [3.63, 3.8) is 0 Å². The van der Waals surface area contributed by atoms with Gasteiger partial charge in [-0.15, -0.1) is 0 Å². The van der Waals surface area contributed by atoms with Crippen LogP contribution in [0.4, 0.5) is 18.0 Å². The van der Waals surface area contributed by atoms with Gasteiger partial charge in [0.1, 0.15) is 12.5 Å². The van der Waals surface area contributed by atoms with Crippen molar-refractivity contribution in [3.8, 4) is 0 Å². The van der Waals surface area contributed by atoms with Crippen molar-refractivity contribution in [2.75, 3.05) is 13.2 Å². The average molecular weight is 318 g/mol. The molecule has 1 aliphatic heterocycles. The maximum atomic E-state index is 13.3. The molecule has 22 heavy (non-hydrogen) atoms. The number of alkyl halides is 3. The van der Waals surface area contributed by atoms with Crippen molar-refractivity contribution in [1.82, 2.24) is 9.47 Å². The molecule has 0 aliphatic carbocycles. The Balaban J connectivity index is 2.22. The molecule has 1 aromatic rings. The Bertz CT molecular complexity index is 554. The summed E-state index contributed by atoms with van der Waals surface area (Å²) in [6, 6.07) is 2.89. The molecule has 2 heterocycles. The van der Waals surface area contributed by atoms with E-state index in [2.05, 4.69) is 4.74 Å². The van der Waals surface area contributed by atoms with E-state index >= 15 is 0 Å². The first kappa shape index (κ1) is 16.4. The first-order valence-corrected chi connectivity index (χ1v) is 7.03. The Labute approximate surface area is 125 Å². The standard InChI is InChI=1S/C14H17F3N2O3/c1-2-5-18-6-3-4-11(18)10(14(15,16)17)9-12(20)19-7-8-22-13(19)21/h3-4,6,10H,2,5,7-9H2,1H3. The largest absolute Gasteiger partial charge is 0.447 e. The third-order valence-corrected chi connectivity index (χ3v) is 3.52. The zero-order chi connectivity index (χ0) is 16.3. The second-order valence-electron chi connectivity index (χ2n) is 5.08. The number of rotatable bonds is 5. The van der Waals surface area contributed by atoms with E-state index in [1.165, 1.54) is 16.7 Å². The van der Waals surface area contributed by atoms with Gasteiger partial charge in [-0.1, -0.05) is 6.92 Å². The van der Waals surface area contributed by atoms with Gasteiger partial charge in [-0.2, -0.15) is 13.2 Å². The maximum absolute atomic E-state index is 13.3. The van der Waals surface area contributed by atoms with E-state index in [9.17, 15) is 22.8 Å². The molecule has 1 fully saturated rings. The van der Waals surface area contributed by atoms with E-state index in [1.54, 1.807) is 6.20 Å². The van der Waals surface area contributed by atoms with Crippen molar-refractivity contribution in [1.29, 1.82) is 0 Å². The van der Waals surface area contributed by atoms with Crippen molar-refractivity contribution in [3.05, 3.63) is 24.0 Å². The van der Waals surface area contributed by atoms with Gasteiger partial charge >= 0.3 is 12.3 Å². The highest BCUT2D eigenvalue weighted by molar-refractivity contribution is 5.93. The number of aryl methyl sites for hydroxylation is 1. The molecule has 8 heteroatoms. The van der Waals surface area contributed by atoms with Crippen LogP contribution in [-0.2, 0) is 16.1 Å². The quantitative estimate of drug-likeness (QED) is 0.839. The number of halogens is 3. The van der Waals surface area contributed by atoms with Crippen LogP contribution in [0.1, 0.15) is 31.4 Å². The molecular formula is C14H17F3N2O3. The Hall–Kier alpha value is -1.99. The number of nitrogens with zero attached hydrogens (tertiary/aromatic N) is 2. The van der Waals surface area contributed by atoms with Crippen LogP contribution in [0.2, 0.25) is 0 Å². The number of aromatic nitrogens is 1. The lowest BCUT2D eigenvalue weighted by Crippen LogP contribution is -2.35. The monoisotopic (exact) mass is 318 g/mol.